The highest BCUT2D eigenvalue weighted by molar-refractivity contribution is 14.1. The lowest BCUT2D eigenvalue weighted by Crippen LogP contribution is -2.51. The summed E-state index contributed by atoms with van der Waals surface area (Å²) in [6.07, 6.45) is 1.20. The molecule has 0 aromatic rings. The minimum absolute atomic E-state index is 0.0144. The molecule has 0 aromatic carbocycles. The lowest BCUT2D eigenvalue weighted by atomic mass is 10.1. The van der Waals surface area contributed by atoms with Crippen LogP contribution in [-0.4, -0.2) is 40.9 Å². The number of amides is 1. The van der Waals surface area contributed by atoms with Crippen LogP contribution < -0.4 is 5.73 Å². The van der Waals surface area contributed by atoms with E-state index in [4.69, 9.17) is 10.5 Å². The maximum Gasteiger partial charge on any atom is 0.410 e. The van der Waals surface area contributed by atoms with Gasteiger partial charge < -0.3 is 10.5 Å². The van der Waals surface area contributed by atoms with Gasteiger partial charge >= 0.3 is 6.09 Å². The Morgan fingerprint density at radius 3 is 2.58 bits per heavy atom. The summed E-state index contributed by atoms with van der Waals surface area (Å²) < 4.78 is 6.30. The zero-order chi connectivity index (χ0) is 14.8. The number of carbonyl (C=O) groups excluding carboxylic acids is 1. The lowest BCUT2D eigenvalue weighted by Gasteiger charge is -2.37. The quantitative estimate of drug-likeness (QED) is 0.713. The van der Waals surface area contributed by atoms with Crippen molar-refractivity contribution in [3.63, 3.8) is 0 Å². The first kappa shape index (κ1) is 16.3. The highest BCUT2D eigenvalue weighted by Crippen LogP contribution is 2.22. The number of hydrogen-bond donors (Lipinski definition) is 1. The second kappa shape index (κ2) is 6.11. The summed E-state index contributed by atoms with van der Waals surface area (Å²) in [7, 11) is 0. The Morgan fingerprint density at radius 1 is 1.53 bits per heavy atom. The molecule has 0 fully saturated rings. The number of ether oxygens (including phenoxy) is 1. The maximum absolute atomic E-state index is 12.2. The Labute approximate surface area is 128 Å². The largest absolute Gasteiger partial charge is 0.444 e. The van der Waals surface area contributed by atoms with Crippen LogP contribution in [0.15, 0.2) is 14.8 Å². The summed E-state index contributed by atoms with van der Waals surface area (Å²) in [5.74, 6) is 0. The van der Waals surface area contributed by atoms with Crippen LogP contribution in [-0.2, 0) is 4.74 Å². The molecule has 0 saturated heterocycles. The van der Waals surface area contributed by atoms with Gasteiger partial charge in [-0.1, -0.05) is 0 Å². The van der Waals surface area contributed by atoms with Crippen LogP contribution in [0.4, 0.5) is 4.79 Å². The summed E-state index contributed by atoms with van der Waals surface area (Å²) in [5, 5.41) is 0. The predicted molar refractivity (Wildman–Crippen MR) is 85.6 cm³/mol. The number of carbonyl (C=O) groups is 1. The van der Waals surface area contributed by atoms with E-state index < -0.39 is 5.60 Å². The average Bonchev–Trinajstić information content (AvgIpc) is 2.29. The van der Waals surface area contributed by atoms with Crippen molar-refractivity contribution in [2.75, 3.05) is 6.54 Å². The van der Waals surface area contributed by atoms with E-state index in [0.29, 0.717) is 6.54 Å². The summed E-state index contributed by atoms with van der Waals surface area (Å²) in [4.78, 5) is 18.5. The van der Waals surface area contributed by atoms with Gasteiger partial charge in [-0.25, -0.2) is 4.79 Å². The van der Waals surface area contributed by atoms with E-state index in [1.165, 1.54) is 6.20 Å². The highest BCUT2D eigenvalue weighted by atomic mass is 127. The smallest absolute Gasteiger partial charge is 0.410 e. The first-order chi connectivity index (χ1) is 8.65. The molecule has 1 aliphatic heterocycles. The van der Waals surface area contributed by atoms with E-state index in [0.717, 1.165) is 9.29 Å². The molecule has 5 nitrogen and oxygen atoms in total. The third-order valence-electron chi connectivity index (χ3n) is 2.92. The van der Waals surface area contributed by atoms with Crippen molar-refractivity contribution in [2.24, 2.45) is 10.7 Å². The van der Waals surface area contributed by atoms with Gasteiger partial charge in [-0.2, -0.15) is 0 Å². The second-order valence-corrected chi connectivity index (χ2v) is 6.84. The fourth-order valence-electron chi connectivity index (χ4n) is 1.75. The molecule has 0 aromatic heterocycles. The minimum Gasteiger partial charge on any atom is -0.444 e. The average molecular weight is 379 g/mol. The van der Waals surface area contributed by atoms with Gasteiger partial charge in [0.2, 0.25) is 0 Å². The van der Waals surface area contributed by atoms with E-state index >= 15 is 0 Å². The Bertz CT molecular complexity index is 413. The van der Waals surface area contributed by atoms with E-state index in [2.05, 4.69) is 27.6 Å². The molecular weight excluding hydrogens is 357 g/mol. The second-order valence-electron chi connectivity index (χ2n) is 5.68. The minimum atomic E-state index is -0.494. The van der Waals surface area contributed by atoms with E-state index in [9.17, 15) is 4.79 Å². The van der Waals surface area contributed by atoms with Crippen molar-refractivity contribution < 1.29 is 9.53 Å². The monoisotopic (exact) mass is 379 g/mol. The zero-order valence-corrected chi connectivity index (χ0v) is 14.3. The Morgan fingerprint density at radius 2 is 2.11 bits per heavy atom. The molecule has 19 heavy (non-hydrogen) atoms. The van der Waals surface area contributed by atoms with Crippen LogP contribution in [0, 0.1) is 0 Å². The molecule has 0 aliphatic carbocycles. The first-order valence-electron chi connectivity index (χ1n) is 6.29. The molecule has 0 saturated carbocycles. The van der Waals surface area contributed by atoms with Crippen molar-refractivity contribution in [3.8, 4) is 0 Å². The number of nitrogens with zero attached hydrogens (tertiary/aromatic N) is 2. The van der Waals surface area contributed by atoms with E-state index in [-0.39, 0.29) is 18.2 Å². The van der Waals surface area contributed by atoms with Gasteiger partial charge in [0.25, 0.3) is 0 Å². The molecule has 0 radical (unpaired) electrons. The number of rotatable bonds is 1. The van der Waals surface area contributed by atoms with Crippen LogP contribution in [0.3, 0.4) is 0 Å². The van der Waals surface area contributed by atoms with Crippen molar-refractivity contribution in [3.05, 3.63) is 9.78 Å². The van der Waals surface area contributed by atoms with Crippen LogP contribution in [0.1, 0.15) is 34.6 Å². The predicted octanol–water partition coefficient (Wildman–Crippen LogP) is 2.69. The maximum atomic E-state index is 12.2. The molecule has 2 atom stereocenters. The SMILES string of the molecule is C[C@H]1N=C(C(I)=CN)CN(C(=O)OC(C)(C)C)[C@H]1C. The van der Waals surface area contributed by atoms with Gasteiger partial charge in [0.1, 0.15) is 5.60 Å². The molecule has 1 amide bonds. The van der Waals surface area contributed by atoms with Gasteiger partial charge in [-0.15, -0.1) is 0 Å². The third-order valence-corrected chi connectivity index (χ3v) is 3.90. The van der Waals surface area contributed by atoms with Gasteiger partial charge in [-0.3, -0.25) is 9.89 Å². The van der Waals surface area contributed by atoms with Crippen LogP contribution in [0.2, 0.25) is 0 Å². The Kier molecular flexibility index (Phi) is 5.23. The Balaban J connectivity index is 2.91. The zero-order valence-electron chi connectivity index (χ0n) is 12.1. The summed E-state index contributed by atoms with van der Waals surface area (Å²) in [6.45, 7) is 9.99. The van der Waals surface area contributed by atoms with E-state index in [1.54, 1.807) is 4.90 Å². The van der Waals surface area contributed by atoms with Gasteiger partial charge in [0.05, 0.1) is 27.9 Å². The van der Waals surface area contributed by atoms with Gasteiger partial charge in [0, 0.05) is 6.20 Å². The number of nitrogens with two attached hydrogens (primary N) is 1. The number of aliphatic imine (C=N–C) groups is 1. The molecular formula is C13H22IN3O2. The van der Waals surface area contributed by atoms with E-state index in [1.807, 2.05) is 34.6 Å². The molecule has 6 heteroatoms. The van der Waals surface area contributed by atoms with Crippen molar-refractivity contribution in [1.29, 1.82) is 0 Å². The topological polar surface area (TPSA) is 67.9 Å². The molecule has 2 N–H and O–H groups in total. The standard InChI is InChI=1S/C13H22IN3O2/c1-8-9(2)17(12(18)19-13(3,4)5)7-11(16-8)10(14)6-15/h6,8-9H,7,15H2,1-5H3/t8-,9+/m1/s1. The highest BCUT2D eigenvalue weighted by Gasteiger charge is 2.33. The van der Waals surface area contributed by atoms with Crippen molar-refractivity contribution >= 4 is 34.4 Å². The molecule has 0 unspecified atom stereocenters. The Hall–Kier alpha value is -0.790. The van der Waals surface area contributed by atoms with Crippen molar-refractivity contribution in [1.82, 2.24) is 4.90 Å². The van der Waals surface area contributed by atoms with Gasteiger partial charge in [-0.05, 0) is 57.2 Å². The normalized spacial score (nSPS) is 25.1. The summed E-state index contributed by atoms with van der Waals surface area (Å²) >= 11 is 2.13. The van der Waals surface area contributed by atoms with Gasteiger partial charge in [0.15, 0.2) is 0 Å². The number of halogens is 1. The molecule has 0 bridgehead atoms. The molecule has 1 aliphatic rings. The lowest BCUT2D eigenvalue weighted by molar-refractivity contribution is 0.0182. The van der Waals surface area contributed by atoms with Crippen LogP contribution in [0.5, 0.6) is 0 Å². The molecule has 108 valence electrons. The van der Waals surface area contributed by atoms with Crippen LogP contribution >= 0.6 is 22.6 Å². The van der Waals surface area contributed by atoms with Crippen LogP contribution in [0.25, 0.3) is 0 Å². The fourth-order valence-corrected chi connectivity index (χ4v) is 2.05. The summed E-state index contributed by atoms with van der Waals surface area (Å²) in [5.41, 5.74) is 5.86. The molecule has 0 spiro atoms. The molecule has 1 rings (SSSR count). The van der Waals surface area contributed by atoms with Crippen molar-refractivity contribution in [2.45, 2.75) is 52.3 Å². The summed E-state index contributed by atoms with van der Waals surface area (Å²) in [6, 6.07) is 0.0431. The third kappa shape index (κ3) is 4.36. The first-order valence-corrected chi connectivity index (χ1v) is 7.37. The molecule has 1 heterocycles. The fraction of sp³-hybridized carbons (Fsp3) is 0.692. The number of hydrogen-bond acceptors (Lipinski definition) is 4.